The molecule has 1 aliphatic heterocycles. The second kappa shape index (κ2) is 4.29. The van der Waals surface area contributed by atoms with Gasteiger partial charge in [0.1, 0.15) is 0 Å². The first kappa shape index (κ1) is 11.8. The van der Waals surface area contributed by atoms with Crippen LogP contribution in [0.5, 0.6) is 0 Å². The molecule has 0 radical (unpaired) electrons. The summed E-state index contributed by atoms with van der Waals surface area (Å²) in [4.78, 5) is 2.69. The van der Waals surface area contributed by atoms with Gasteiger partial charge in [0.2, 0.25) is 0 Å². The van der Waals surface area contributed by atoms with E-state index in [2.05, 4.69) is 31.4 Å². The fourth-order valence-corrected chi connectivity index (χ4v) is 3.07. The molecule has 0 aromatic rings. The van der Waals surface area contributed by atoms with Gasteiger partial charge in [0.15, 0.2) is 0 Å². The third kappa shape index (κ3) is 3.13. The van der Waals surface area contributed by atoms with Crippen LogP contribution in [0.3, 0.4) is 0 Å². The molecule has 0 unspecified atom stereocenters. The predicted molar refractivity (Wildman–Crippen MR) is 69.6 cm³/mol. The summed E-state index contributed by atoms with van der Waals surface area (Å²) in [6.45, 7) is 8.78. The Bertz CT molecular complexity index is 221. The van der Waals surface area contributed by atoms with E-state index in [4.69, 9.17) is 0 Å². The van der Waals surface area contributed by atoms with Crippen molar-refractivity contribution in [3.05, 3.63) is 0 Å². The summed E-state index contributed by atoms with van der Waals surface area (Å²) in [6.07, 6.45) is 6.98. The smallest absolute Gasteiger partial charge is 0.00458 e. The zero-order valence-corrected chi connectivity index (χ0v) is 11.2. The number of hydrogen-bond donors (Lipinski definition) is 1. The Balaban J connectivity index is 1.84. The Labute approximate surface area is 100 Å². The van der Waals surface area contributed by atoms with E-state index in [1.54, 1.807) is 0 Å². The summed E-state index contributed by atoms with van der Waals surface area (Å²) in [6, 6.07) is 0. The van der Waals surface area contributed by atoms with Gasteiger partial charge in [-0.15, -0.1) is 0 Å². The summed E-state index contributed by atoms with van der Waals surface area (Å²) in [5.41, 5.74) is 1.18. The number of likely N-dealkylation sites (tertiary alicyclic amines) is 1. The Morgan fingerprint density at radius 1 is 1.07 bits per heavy atom. The number of rotatable bonds is 3. The van der Waals surface area contributed by atoms with Gasteiger partial charge in [-0.3, -0.25) is 0 Å². The molecule has 1 aliphatic carbocycles. The van der Waals surface area contributed by atoms with Gasteiger partial charge in [-0.2, -0.15) is 12.6 Å². The Morgan fingerprint density at radius 3 is 2.40 bits per heavy atom. The minimum atomic E-state index is 0.576. The van der Waals surface area contributed by atoms with Crippen LogP contribution in [0.2, 0.25) is 0 Å². The van der Waals surface area contributed by atoms with Crippen molar-refractivity contribution >= 4 is 12.6 Å². The normalized spacial score (nSPS) is 29.8. The van der Waals surface area contributed by atoms with E-state index in [1.807, 2.05) is 0 Å². The fourth-order valence-electron chi connectivity index (χ4n) is 2.65. The zero-order valence-electron chi connectivity index (χ0n) is 10.3. The van der Waals surface area contributed by atoms with Crippen molar-refractivity contribution in [2.45, 2.75) is 46.0 Å². The summed E-state index contributed by atoms with van der Waals surface area (Å²) in [5.74, 6) is 1.09. The van der Waals surface area contributed by atoms with Gasteiger partial charge < -0.3 is 4.90 Å². The van der Waals surface area contributed by atoms with Crippen LogP contribution >= 0.6 is 12.6 Å². The second-order valence-corrected chi connectivity index (χ2v) is 6.77. The quantitative estimate of drug-likeness (QED) is 0.725. The van der Waals surface area contributed by atoms with Gasteiger partial charge >= 0.3 is 0 Å². The molecule has 0 atom stereocenters. The highest BCUT2D eigenvalue weighted by atomic mass is 32.1. The molecule has 88 valence electrons. The van der Waals surface area contributed by atoms with Gasteiger partial charge in [0, 0.05) is 6.54 Å². The van der Waals surface area contributed by atoms with Gasteiger partial charge in [-0.25, -0.2) is 0 Å². The van der Waals surface area contributed by atoms with E-state index in [-0.39, 0.29) is 0 Å². The van der Waals surface area contributed by atoms with E-state index in [0.29, 0.717) is 10.8 Å². The number of nitrogens with zero attached hydrogens (tertiary/aromatic N) is 1. The lowest BCUT2D eigenvalue weighted by Gasteiger charge is -2.26. The van der Waals surface area contributed by atoms with E-state index in [9.17, 15) is 0 Å². The largest absolute Gasteiger partial charge is 0.303 e. The first-order valence-electron chi connectivity index (χ1n) is 6.39. The van der Waals surface area contributed by atoms with Gasteiger partial charge in [0.05, 0.1) is 0 Å². The molecule has 1 saturated carbocycles. The predicted octanol–water partition coefficient (Wildman–Crippen LogP) is 3.21. The molecule has 0 aromatic carbocycles. The molecule has 1 heterocycles. The van der Waals surface area contributed by atoms with E-state index >= 15 is 0 Å². The maximum atomic E-state index is 4.50. The highest BCUT2D eigenvalue weighted by Gasteiger charge is 2.42. The molecule has 0 N–H and O–H groups in total. The topological polar surface area (TPSA) is 3.24 Å². The van der Waals surface area contributed by atoms with Gasteiger partial charge in [-0.05, 0) is 61.8 Å². The average Bonchev–Trinajstić information content (AvgIpc) is 2.95. The molecule has 2 heteroatoms. The SMILES string of the molecule is CC1(C)CCCN(CC2(CS)CC2)CC1. The van der Waals surface area contributed by atoms with Crippen molar-refractivity contribution in [1.82, 2.24) is 4.90 Å². The van der Waals surface area contributed by atoms with E-state index in [1.165, 1.54) is 51.7 Å². The lowest BCUT2D eigenvalue weighted by Crippen LogP contribution is -2.32. The molecule has 1 saturated heterocycles. The summed E-state index contributed by atoms with van der Waals surface area (Å²) < 4.78 is 0. The molecule has 0 amide bonds. The minimum Gasteiger partial charge on any atom is -0.303 e. The molecule has 1 nitrogen and oxygen atoms in total. The minimum absolute atomic E-state index is 0.576. The van der Waals surface area contributed by atoms with Crippen molar-refractivity contribution in [3.63, 3.8) is 0 Å². The van der Waals surface area contributed by atoms with Crippen LogP contribution in [0, 0.1) is 10.8 Å². The van der Waals surface area contributed by atoms with Crippen molar-refractivity contribution in [2.24, 2.45) is 10.8 Å². The molecule has 0 spiro atoms. The molecule has 15 heavy (non-hydrogen) atoms. The highest BCUT2D eigenvalue weighted by molar-refractivity contribution is 7.80. The Hall–Kier alpha value is 0.310. The molecule has 2 aliphatic rings. The number of thiol groups is 1. The average molecular weight is 227 g/mol. The Kier molecular flexibility index (Phi) is 3.37. The van der Waals surface area contributed by atoms with Crippen LogP contribution in [0.1, 0.15) is 46.0 Å². The third-order valence-electron chi connectivity index (χ3n) is 4.28. The van der Waals surface area contributed by atoms with Crippen LogP contribution in [0.15, 0.2) is 0 Å². The third-order valence-corrected chi connectivity index (χ3v) is 4.96. The summed E-state index contributed by atoms with van der Waals surface area (Å²) in [7, 11) is 0. The number of hydrogen-bond acceptors (Lipinski definition) is 2. The maximum Gasteiger partial charge on any atom is 0.00458 e. The van der Waals surface area contributed by atoms with Gasteiger partial charge in [0.25, 0.3) is 0 Å². The van der Waals surface area contributed by atoms with Crippen molar-refractivity contribution in [3.8, 4) is 0 Å². The molecule has 2 fully saturated rings. The highest BCUT2D eigenvalue weighted by Crippen LogP contribution is 2.47. The molecule has 0 aromatic heterocycles. The second-order valence-electron chi connectivity index (χ2n) is 6.45. The first-order chi connectivity index (χ1) is 7.05. The fraction of sp³-hybridized carbons (Fsp3) is 1.00. The molecule has 0 bridgehead atoms. The maximum absolute atomic E-state index is 4.50. The standard InChI is InChI=1S/C13H25NS/c1-12(2)4-3-8-14(9-7-12)10-13(11-15)5-6-13/h15H,3-11H2,1-2H3. The first-order valence-corrected chi connectivity index (χ1v) is 7.02. The van der Waals surface area contributed by atoms with E-state index < -0.39 is 0 Å². The monoisotopic (exact) mass is 227 g/mol. The van der Waals surface area contributed by atoms with Crippen molar-refractivity contribution < 1.29 is 0 Å². The Morgan fingerprint density at radius 2 is 1.80 bits per heavy atom. The molecule has 2 rings (SSSR count). The van der Waals surface area contributed by atoms with Crippen LogP contribution in [-0.2, 0) is 0 Å². The summed E-state index contributed by atoms with van der Waals surface area (Å²) >= 11 is 4.50. The lowest BCUT2D eigenvalue weighted by atomic mass is 9.85. The molecular formula is C13H25NS. The van der Waals surface area contributed by atoms with Crippen LogP contribution in [0.4, 0.5) is 0 Å². The van der Waals surface area contributed by atoms with Crippen molar-refractivity contribution in [1.29, 1.82) is 0 Å². The van der Waals surface area contributed by atoms with Crippen LogP contribution in [0.25, 0.3) is 0 Å². The molecular weight excluding hydrogens is 202 g/mol. The van der Waals surface area contributed by atoms with E-state index in [0.717, 1.165) is 5.75 Å². The lowest BCUT2D eigenvalue weighted by molar-refractivity contribution is 0.226. The zero-order chi connectivity index (χ0) is 10.9. The van der Waals surface area contributed by atoms with Gasteiger partial charge in [-0.1, -0.05) is 13.8 Å². The van der Waals surface area contributed by atoms with Crippen LogP contribution < -0.4 is 0 Å². The van der Waals surface area contributed by atoms with Crippen LogP contribution in [-0.4, -0.2) is 30.3 Å². The summed E-state index contributed by atoms with van der Waals surface area (Å²) in [5, 5.41) is 0. The van der Waals surface area contributed by atoms with Crippen molar-refractivity contribution in [2.75, 3.05) is 25.4 Å².